The zero-order valence-electron chi connectivity index (χ0n) is 15.6. The van der Waals surface area contributed by atoms with E-state index in [9.17, 15) is 4.79 Å². The van der Waals surface area contributed by atoms with Gasteiger partial charge in [-0.25, -0.2) is 4.79 Å². The number of aryl methyl sites for hydroxylation is 2. The van der Waals surface area contributed by atoms with Crippen molar-refractivity contribution in [1.29, 1.82) is 0 Å². The van der Waals surface area contributed by atoms with Gasteiger partial charge in [-0.15, -0.1) is 0 Å². The summed E-state index contributed by atoms with van der Waals surface area (Å²) in [4.78, 5) is 11.8. The number of nitrogens with one attached hydrogen (secondary N) is 2. The third-order valence-corrected chi connectivity index (χ3v) is 3.69. The summed E-state index contributed by atoms with van der Waals surface area (Å²) < 4.78 is 7.11. The van der Waals surface area contributed by atoms with Crippen molar-refractivity contribution in [1.82, 2.24) is 20.4 Å². The molecule has 6 heteroatoms. The molecule has 0 aliphatic carbocycles. The highest BCUT2D eigenvalue weighted by atomic mass is 16.6. The monoisotopic (exact) mass is 324 g/mol. The molecule has 0 spiro atoms. The van der Waals surface area contributed by atoms with E-state index in [0.717, 1.165) is 18.8 Å². The lowest BCUT2D eigenvalue weighted by atomic mass is 9.95. The van der Waals surface area contributed by atoms with Crippen molar-refractivity contribution in [3.63, 3.8) is 0 Å². The molecule has 1 aromatic rings. The van der Waals surface area contributed by atoms with Crippen LogP contribution in [0, 0.1) is 18.8 Å². The minimum absolute atomic E-state index is 0.347. The first-order chi connectivity index (χ1) is 10.6. The molecule has 132 valence electrons. The molecule has 0 saturated heterocycles. The van der Waals surface area contributed by atoms with Gasteiger partial charge in [0.05, 0.1) is 5.69 Å². The number of aromatic nitrogens is 2. The van der Waals surface area contributed by atoms with Crippen LogP contribution in [0.3, 0.4) is 0 Å². The third kappa shape index (κ3) is 7.50. The van der Waals surface area contributed by atoms with Gasteiger partial charge in [-0.05, 0) is 39.5 Å². The molecule has 23 heavy (non-hydrogen) atoms. The second-order valence-corrected chi connectivity index (χ2v) is 7.43. The lowest BCUT2D eigenvalue weighted by Crippen LogP contribution is -2.39. The van der Waals surface area contributed by atoms with Crippen LogP contribution >= 0.6 is 0 Å². The molecule has 1 rings (SSSR count). The van der Waals surface area contributed by atoms with E-state index in [1.807, 2.05) is 45.6 Å². The smallest absolute Gasteiger partial charge is 0.407 e. The molecule has 0 aliphatic heterocycles. The van der Waals surface area contributed by atoms with E-state index in [0.29, 0.717) is 18.4 Å². The summed E-state index contributed by atoms with van der Waals surface area (Å²) in [7, 11) is 1.93. The zero-order chi connectivity index (χ0) is 17.6. The van der Waals surface area contributed by atoms with Gasteiger partial charge in [0.25, 0.3) is 0 Å². The van der Waals surface area contributed by atoms with Crippen LogP contribution < -0.4 is 10.6 Å². The Kier molecular flexibility index (Phi) is 7.06. The highest BCUT2D eigenvalue weighted by molar-refractivity contribution is 5.67. The summed E-state index contributed by atoms with van der Waals surface area (Å²) in [5.41, 5.74) is 1.79. The highest BCUT2D eigenvalue weighted by Crippen LogP contribution is 2.11. The van der Waals surface area contributed by atoms with E-state index >= 15 is 0 Å². The summed E-state index contributed by atoms with van der Waals surface area (Å²) in [6.07, 6.45) is 1.68. The summed E-state index contributed by atoms with van der Waals surface area (Å²) in [6, 6.07) is 0. The van der Waals surface area contributed by atoms with Gasteiger partial charge in [-0.2, -0.15) is 5.10 Å². The van der Waals surface area contributed by atoms with E-state index in [4.69, 9.17) is 4.74 Å². The van der Waals surface area contributed by atoms with Gasteiger partial charge in [0.15, 0.2) is 0 Å². The molecule has 0 fully saturated rings. The molecule has 0 bridgehead atoms. The fourth-order valence-corrected chi connectivity index (χ4v) is 2.29. The molecule has 1 aromatic heterocycles. The van der Waals surface area contributed by atoms with Crippen LogP contribution in [0.5, 0.6) is 0 Å². The van der Waals surface area contributed by atoms with Gasteiger partial charge in [-0.1, -0.05) is 13.8 Å². The van der Waals surface area contributed by atoms with Crippen LogP contribution in [-0.4, -0.2) is 34.6 Å². The number of carbonyl (C=O) groups excluding carboxylic acids is 1. The Bertz CT molecular complexity index is 503. The predicted molar refractivity (Wildman–Crippen MR) is 92.2 cm³/mol. The number of hydrogen-bond acceptors (Lipinski definition) is 4. The molecule has 2 N–H and O–H groups in total. The second-order valence-electron chi connectivity index (χ2n) is 7.43. The van der Waals surface area contributed by atoms with Gasteiger partial charge in [-0.3, -0.25) is 4.68 Å². The summed E-state index contributed by atoms with van der Waals surface area (Å²) >= 11 is 0. The second kappa shape index (κ2) is 8.34. The molecule has 0 saturated carbocycles. The van der Waals surface area contributed by atoms with Crippen molar-refractivity contribution in [2.45, 2.75) is 53.7 Å². The molecule has 1 atom stereocenters. The van der Waals surface area contributed by atoms with Crippen LogP contribution in [0.1, 0.15) is 45.9 Å². The van der Waals surface area contributed by atoms with Crippen LogP contribution in [0.4, 0.5) is 4.79 Å². The van der Waals surface area contributed by atoms with Crippen molar-refractivity contribution in [2.75, 3.05) is 13.1 Å². The molecule has 1 heterocycles. The standard InChI is InChI=1S/C17H32N4O2/c1-12(2)14(10-19-16(22)23-17(4,5)6)8-18-9-15-11-21(7)20-13(15)3/h11-12,14,18H,8-10H2,1-7H3,(H,19,22). The topological polar surface area (TPSA) is 68.2 Å². The van der Waals surface area contributed by atoms with E-state index in [1.165, 1.54) is 5.56 Å². The largest absolute Gasteiger partial charge is 0.444 e. The SMILES string of the molecule is Cc1nn(C)cc1CNCC(CNC(=O)OC(C)(C)C)C(C)C. The van der Waals surface area contributed by atoms with Crippen LogP contribution in [0.15, 0.2) is 6.20 Å². The van der Waals surface area contributed by atoms with Gasteiger partial charge < -0.3 is 15.4 Å². The minimum Gasteiger partial charge on any atom is -0.444 e. The third-order valence-electron chi connectivity index (χ3n) is 3.69. The molecule has 0 aliphatic rings. The Hall–Kier alpha value is -1.56. The molecule has 0 radical (unpaired) electrons. The first-order valence-corrected chi connectivity index (χ1v) is 8.25. The number of rotatable bonds is 7. The maximum absolute atomic E-state index is 11.8. The molecular formula is C17H32N4O2. The number of ether oxygens (including phenoxy) is 1. The summed E-state index contributed by atoms with van der Waals surface area (Å²) in [5, 5.41) is 10.7. The maximum Gasteiger partial charge on any atom is 0.407 e. The average molecular weight is 324 g/mol. The summed E-state index contributed by atoms with van der Waals surface area (Å²) in [5.74, 6) is 0.812. The minimum atomic E-state index is -0.465. The Morgan fingerprint density at radius 1 is 1.35 bits per heavy atom. The van der Waals surface area contributed by atoms with Crippen molar-refractivity contribution in [2.24, 2.45) is 18.9 Å². The Balaban J connectivity index is 2.40. The molecule has 1 amide bonds. The number of nitrogens with zero attached hydrogens (tertiary/aromatic N) is 2. The lowest BCUT2D eigenvalue weighted by Gasteiger charge is -2.24. The van der Waals surface area contributed by atoms with E-state index in [2.05, 4.69) is 29.6 Å². The fourth-order valence-electron chi connectivity index (χ4n) is 2.29. The Morgan fingerprint density at radius 3 is 2.48 bits per heavy atom. The number of alkyl carbamates (subject to hydrolysis) is 1. The maximum atomic E-state index is 11.8. The van der Waals surface area contributed by atoms with Crippen LogP contribution in [-0.2, 0) is 18.3 Å². The number of amides is 1. The quantitative estimate of drug-likeness (QED) is 0.809. The van der Waals surface area contributed by atoms with Crippen molar-refractivity contribution >= 4 is 6.09 Å². The Morgan fingerprint density at radius 2 is 2.00 bits per heavy atom. The molecule has 1 unspecified atom stereocenters. The van der Waals surface area contributed by atoms with E-state index in [1.54, 1.807) is 0 Å². The highest BCUT2D eigenvalue weighted by Gasteiger charge is 2.19. The van der Waals surface area contributed by atoms with Gasteiger partial charge in [0.1, 0.15) is 5.60 Å². The van der Waals surface area contributed by atoms with Crippen molar-refractivity contribution in [3.8, 4) is 0 Å². The van der Waals surface area contributed by atoms with Gasteiger partial charge >= 0.3 is 6.09 Å². The lowest BCUT2D eigenvalue weighted by molar-refractivity contribution is 0.0515. The van der Waals surface area contributed by atoms with Crippen LogP contribution in [0.25, 0.3) is 0 Å². The normalized spacial score (nSPS) is 13.2. The molecule has 6 nitrogen and oxygen atoms in total. The first-order valence-electron chi connectivity index (χ1n) is 8.25. The van der Waals surface area contributed by atoms with Gasteiger partial charge in [0.2, 0.25) is 0 Å². The van der Waals surface area contributed by atoms with E-state index < -0.39 is 5.60 Å². The molecular weight excluding hydrogens is 292 g/mol. The van der Waals surface area contributed by atoms with Crippen molar-refractivity contribution in [3.05, 3.63) is 17.5 Å². The Labute approximate surface area is 140 Å². The average Bonchev–Trinajstić information content (AvgIpc) is 2.69. The fraction of sp³-hybridized carbons (Fsp3) is 0.765. The van der Waals surface area contributed by atoms with Gasteiger partial charge in [0, 0.05) is 38.4 Å². The molecule has 0 aromatic carbocycles. The first kappa shape index (κ1) is 19.5. The number of hydrogen-bond donors (Lipinski definition) is 2. The van der Waals surface area contributed by atoms with Crippen LogP contribution in [0.2, 0.25) is 0 Å². The predicted octanol–water partition coefficient (Wildman–Crippen LogP) is 2.62. The van der Waals surface area contributed by atoms with E-state index in [-0.39, 0.29) is 6.09 Å². The number of carbonyl (C=O) groups is 1. The zero-order valence-corrected chi connectivity index (χ0v) is 15.6. The van der Waals surface area contributed by atoms with Crippen molar-refractivity contribution < 1.29 is 9.53 Å². The summed E-state index contributed by atoms with van der Waals surface area (Å²) in [6.45, 7) is 14.2.